The van der Waals surface area contributed by atoms with Crippen LogP contribution in [-0.2, 0) is 0 Å². The Bertz CT molecular complexity index is 367. The highest BCUT2D eigenvalue weighted by atomic mass is 16.2. The summed E-state index contributed by atoms with van der Waals surface area (Å²) in [7, 11) is 0. The van der Waals surface area contributed by atoms with Crippen molar-refractivity contribution in [2.24, 2.45) is 5.73 Å². The van der Waals surface area contributed by atoms with Gasteiger partial charge in [-0.25, -0.2) is 0 Å². The van der Waals surface area contributed by atoms with Gasteiger partial charge in [-0.05, 0) is 43.7 Å². The number of aliphatic hydroxyl groups is 1. The van der Waals surface area contributed by atoms with Crippen molar-refractivity contribution in [1.82, 2.24) is 0 Å². The van der Waals surface area contributed by atoms with Crippen LogP contribution in [0.3, 0.4) is 0 Å². The SMILES string of the molecule is NC1CCCN(CCCCCO)c2ccccc21. The van der Waals surface area contributed by atoms with E-state index in [1.54, 1.807) is 0 Å². The number of hydrogen-bond donors (Lipinski definition) is 2. The largest absolute Gasteiger partial charge is 0.396 e. The number of fused-ring (bicyclic) bond motifs is 1. The first kappa shape index (κ1) is 13.4. The van der Waals surface area contributed by atoms with E-state index in [0.717, 1.165) is 45.2 Å². The van der Waals surface area contributed by atoms with E-state index in [4.69, 9.17) is 10.8 Å². The Morgan fingerprint density at radius 2 is 2.06 bits per heavy atom. The topological polar surface area (TPSA) is 49.5 Å². The number of unbranched alkanes of at least 4 members (excludes halogenated alkanes) is 2. The monoisotopic (exact) mass is 248 g/mol. The van der Waals surface area contributed by atoms with Crippen molar-refractivity contribution < 1.29 is 5.11 Å². The molecule has 0 bridgehead atoms. The molecular weight excluding hydrogens is 224 g/mol. The standard InChI is InChI=1S/C15H24N2O/c16-14-8-6-11-17(10-4-1-5-12-18)15-9-3-2-7-13(14)15/h2-3,7,9,14,18H,1,4-6,8,10-12,16H2. The van der Waals surface area contributed by atoms with E-state index < -0.39 is 0 Å². The average Bonchev–Trinajstić information content (AvgIpc) is 2.56. The van der Waals surface area contributed by atoms with E-state index in [0.29, 0.717) is 6.61 Å². The summed E-state index contributed by atoms with van der Waals surface area (Å²) in [6, 6.07) is 8.70. The van der Waals surface area contributed by atoms with E-state index in [2.05, 4.69) is 29.2 Å². The van der Waals surface area contributed by atoms with Gasteiger partial charge in [-0.1, -0.05) is 18.2 Å². The number of hydrogen-bond acceptors (Lipinski definition) is 3. The summed E-state index contributed by atoms with van der Waals surface area (Å²) in [5.74, 6) is 0. The van der Waals surface area contributed by atoms with Crippen molar-refractivity contribution in [3.63, 3.8) is 0 Å². The molecule has 1 aromatic rings. The van der Waals surface area contributed by atoms with Crippen LogP contribution in [-0.4, -0.2) is 24.8 Å². The zero-order valence-electron chi connectivity index (χ0n) is 11.0. The number of nitrogens with zero attached hydrogens (tertiary/aromatic N) is 1. The summed E-state index contributed by atoms with van der Waals surface area (Å²) in [4.78, 5) is 2.46. The summed E-state index contributed by atoms with van der Waals surface area (Å²) in [5.41, 5.74) is 8.83. The van der Waals surface area contributed by atoms with Crippen molar-refractivity contribution in [3.05, 3.63) is 29.8 Å². The molecule has 0 spiro atoms. The Balaban J connectivity index is 2.04. The first-order chi connectivity index (χ1) is 8.83. The third-order valence-electron chi connectivity index (χ3n) is 3.71. The molecule has 0 saturated heterocycles. The summed E-state index contributed by atoms with van der Waals surface area (Å²) in [5, 5.41) is 8.81. The molecule has 18 heavy (non-hydrogen) atoms. The Labute approximate surface area is 110 Å². The van der Waals surface area contributed by atoms with E-state index in [9.17, 15) is 0 Å². The van der Waals surface area contributed by atoms with Gasteiger partial charge < -0.3 is 15.7 Å². The van der Waals surface area contributed by atoms with Crippen LogP contribution in [0.15, 0.2) is 24.3 Å². The second-order valence-corrected chi connectivity index (χ2v) is 5.08. The molecule has 1 aromatic carbocycles. The number of anilines is 1. The van der Waals surface area contributed by atoms with E-state index in [1.807, 2.05) is 0 Å². The van der Waals surface area contributed by atoms with Crippen molar-refractivity contribution in [2.75, 3.05) is 24.6 Å². The maximum atomic E-state index is 8.81. The lowest BCUT2D eigenvalue weighted by atomic mass is 10.0. The number of nitrogens with two attached hydrogens (primary N) is 1. The van der Waals surface area contributed by atoms with Gasteiger partial charge in [-0.3, -0.25) is 0 Å². The highest BCUT2D eigenvalue weighted by molar-refractivity contribution is 5.55. The summed E-state index contributed by atoms with van der Waals surface area (Å²) in [6.45, 7) is 2.48. The normalized spacial score (nSPS) is 19.4. The molecule has 0 fully saturated rings. The number of rotatable bonds is 5. The zero-order chi connectivity index (χ0) is 12.8. The smallest absolute Gasteiger partial charge is 0.0431 e. The van der Waals surface area contributed by atoms with Gasteiger partial charge in [0.15, 0.2) is 0 Å². The van der Waals surface area contributed by atoms with Crippen molar-refractivity contribution in [3.8, 4) is 0 Å². The van der Waals surface area contributed by atoms with Gasteiger partial charge in [0.1, 0.15) is 0 Å². The van der Waals surface area contributed by atoms with E-state index >= 15 is 0 Å². The summed E-state index contributed by atoms with van der Waals surface area (Å²) >= 11 is 0. The molecule has 1 unspecified atom stereocenters. The molecule has 100 valence electrons. The van der Waals surface area contributed by atoms with Crippen LogP contribution in [0.4, 0.5) is 5.69 Å². The van der Waals surface area contributed by atoms with Crippen LogP contribution in [0.2, 0.25) is 0 Å². The van der Waals surface area contributed by atoms with Crippen LogP contribution >= 0.6 is 0 Å². The minimum absolute atomic E-state index is 0.184. The van der Waals surface area contributed by atoms with Crippen LogP contribution in [0.1, 0.15) is 43.7 Å². The third kappa shape index (κ3) is 3.24. The van der Waals surface area contributed by atoms with Gasteiger partial charge >= 0.3 is 0 Å². The van der Waals surface area contributed by atoms with Crippen molar-refractivity contribution in [2.45, 2.75) is 38.1 Å². The van der Waals surface area contributed by atoms with Gasteiger partial charge in [0.2, 0.25) is 0 Å². The second kappa shape index (κ2) is 6.76. The fourth-order valence-corrected chi connectivity index (χ4v) is 2.69. The fraction of sp³-hybridized carbons (Fsp3) is 0.600. The number of para-hydroxylation sites is 1. The fourth-order valence-electron chi connectivity index (χ4n) is 2.69. The maximum absolute atomic E-state index is 8.81. The molecule has 0 aromatic heterocycles. The highest BCUT2D eigenvalue weighted by Crippen LogP contribution is 2.31. The number of benzene rings is 1. The van der Waals surface area contributed by atoms with Crippen LogP contribution in [0.5, 0.6) is 0 Å². The van der Waals surface area contributed by atoms with Crippen LogP contribution in [0, 0.1) is 0 Å². The van der Waals surface area contributed by atoms with Crippen molar-refractivity contribution >= 4 is 5.69 Å². The van der Waals surface area contributed by atoms with Gasteiger partial charge in [0.25, 0.3) is 0 Å². The molecule has 0 radical (unpaired) electrons. The minimum Gasteiger partial charge on any atom is -0.396 e. The minimum atomic E-state index is 0.184. The Hall–Kier alpha value is -1.06. The molecule has 1 heterocycles. The first-order valence-electron chi connectivity index (χ1n) is 7.03. The highest BCUT2D eigenvalue weighted by Gasteiger charge is 2.19. The first-order valence-corrected chi connectivity index (χ1v) is 7.03. The summed E-state index contributed by atoms with van der Waals surface area (Å²) < 4.78 is 0. The van der Waals surface area contributed by atoms with Gasteiger partial charge in [-0.15, -0.1) is 0 Å². The molecule has 3 heteroatoms. The van der Waals surface area contributed by atoms with E-state index in [1.165, 1.54) is 11.3 Å². The van der Waals surface area contributed by atoms with Crippen molar-refractivity contribution in [1.29, 1.82) is 0 Å². The molecule has 0 aliphatic carbocycles. The molecule has 1 atom stereocenters. The lowest BCUT2D eigenvalue weighted by Crippen LogP contribution is -2.25. The molecule has 1 aliphatic rings. The quantitative estimate of drug-likeness (QED) is 0.787. The molecule has 0 saturated carbocycles. The van der Waals surface area contributed by atoms with Gasteiger partial charge in [-0.2, -0.15) is 0 Å². The molecule has 3 N–H and O–H groups in total. The van der Waals surface area contributed by atoms with Gasteiger partial charge in [0, 0.05) is 31.4 Å². The predicted molar refractivity (Wildman–Crippen MR) is 75.8 cm³/mol. The lowest BCUT2D eigenvalue weighted by Gasteiger charge is -2.25. The van der Waals surface area contributed by atoms with Gasteiger partial charge in [0.05, 0.1) is 0 Å². The third-order valence-corrected chi connectivity index (χ3v) is 3.71. The van der Waals surface area contributed by atoms with E-state index in [-0.39, 0.29) is 6.04 Å². The second-order valence-electron chi connectivity index (χ2n) is 5.08. The Morgan fingerprint density at radius 3 is 2.89 bits per heavy atom. The molecule has 3 nitrogen and oxygen atoms in total. The Kier molecular flexibility index (Phi) is 5.02. The molecule has 0 amide bonds. The predicted octanol–water partition coefficient (Wildman–Crippen LogP) is 2.45. The van der Waals surface area contributed by atoms with Crippen LogP contribution in [0.25, 0.3) is 0 Å². The molecule has 2 rings (SSSR count). The number of aliphatic hydroxyl groups excluding tert-OH is 1. The lowest BCUT2D eigenvalue weighted by molar-refractivity contribution is 0.283. The molecular formula is C15H24N2O. The Morgan fingerprint density at radius 1 is 1.22 bits per heavy atom. The molecule has 1 aliphatic heterocycles. The average molecular weight is 248 g/mol. The summed E-state index contributed by atoms with van der Waals surface area (Å²) in [6.07, 6.45) is 5.39. The zero-order valence-corrected chi connectivity index (χ0v) is 11.0. The van der Waals surface area contributed by atoms with Crippen LogP contribution < -0.4 is 10.6 Å². The maximum Gasteiger partial charge on any atom is 0.0431 e.